The molecule has 132 valence electrons. The van der Waals surface area contributed by atoms with Gasteiger partial charge in [-0.1, -0.05) is 35.1 Å². The molecule has 1 amide bonds. The number of carbonyl (C=O) groups excluding carboxylic acids is 1. The lowest BCUT2D eigenvalue weighted by atomic mass is 10.1. The van der Waals surface area contributed by atoms with Crippen molar-refractivity contribution in [1.29, 1.82) is 0 Å². The molecule has 1 aromatic carbocycles. The fourth-order valence-corrected chi connectivity index (χ4v) is 3.78. The minimum atomic E-state index is -1.07. The van der Waals surface area contributed by atoms with Crippen LogP contribution < -0.4 is 5.32 Å². The number of thiazole rings is 1. The maximum absolute atomic E-state index is 12.7. The molecule has 0 spiro atoms. The molecule has 3 rings (SSSR count). The summed E-state index contributed by atoms with van der Waals surface area (Å²) in [5, 5.41) is 9.59. The molecule has 0 aliphatic carbocycles. The van der Waals surface area contributed by atoms with Crippen molar-refractivity contribution in [2.24, 2.45) is 5.10 Å². The molecule has 1 aliphatic heterocycles. The van der Waals surface area contributed by atoms with E-state index in [-0.39, 0.29) is 5.91 Å². The first-order valence-electron chi connectivity index (χ1n) is 7.73. The number of halogens is 1. The van der Waals surface area contributed by atoms with Gasteiger partial charge in [0.25, 0.3) is 5.91 Å². The van der Waals surface area contributed by atoms with Crippen LogP contribution in [0.2, 0.25) is 4.34 Å². The number of nitrogens with zero attached hydrogens (tertiary/aromatic N) is 3. The molecule has 1 fully saturated rings. The average Bonchev–Trinajstić information content (AvgIpc) is 3.24. The zero-order chi connectivity index (χ0) is 17.8. The van der Waals surface area contributed by atoms with Gasteiger partial charge < -0.3 is 0 Å². The lowest BCUT2D eigenvalue weighted by Crippen LogP contribution is -2.27. The highest BCUT2D eigenvalue weighted by Crippen LogP contribution is 2.23. The highest BCUT2D eigenvalue weighted by Gasteiger charge is 2.19. The molecular formula is C16H17ClN4O2S2. The summed E-state index contributed by atoms with van der Waals surface area (Å²) in [7, 11) is -1.07. The van der Waals surface area contributed by atoms with E-state index in [1.807, 2.05) is 5.01 Å². The molecule has 2 heterocycles. The van der Waals surface area contributed by atoms with E-state index in [2.05, 4.69) is 15.4 Å². The van der Waals surface area contributed by atoms with Gasteiger partial charge in [0, 0.05) is 40.6 Å². The molecule has 1 saturated heterocycles. The number of benzene rings is 1. The van der Waals surface area contributed by atoms with E-state index < -0.39 is 10.8 Å². The van der Waals surface area contributed by atoms with Gasteiger partial charge in [-0.2, -0.15) is 5.10 Å². The Morgan fingerprint density at radius 3 is 2.56 bits per heavy atom. The molecule has 1 aromatic heterocycles. The van der Waals surface area contributed by atoms with E-state index in [1.165, 1.54) is 17.5 Å². The number of amides is 1. The minimum Gasteiger partial charge on any atom is -0.296 e. The van der Waals surface area contributed by atoms with Crippen LogP contribution in [-0.2, 0) is 15.6 Å². The van der Waals surface area contributed by atoms with Crippen LogP contribution in [0.15, 0.2) is 40.5 Å². The SMILES string of the molecule is CS(=O)c1ccc(C(=NN2CCCC2)C(=O)Nc2ncc(Cl)s2)cc1. The maximum atomic E-state index is 12.7. The van der Waals surface area contributed by atoms with Crippen LogP contribution in [0.5, 0.6) is 0 Å². The summed E-state index contributed by atoms with van der Waals surface area (Å²) in [6.07, 6.45) is 5.24. The van der Waals surface area contributed by atoms with Crippen LogP contribution in [-0.4, -0.2) is 45.2 Å². The normalized spacial score (nSPS) is 16.1. The Bertz CT molecular complexity index is 814. The number of hydrazone groups is 1. The lowest BCUT2D eigenvalue weighted by Gasteiger charge is -2.14. The summed E-state index contributed by atoms with van der Waals surface area (Å²) in [5.41, 5.74) is 0.975. The van der Waals surface area contributed by atoms with Gasteiger partial charge in [-0.25, -0.2) is 4.98 Å². The third-order valence-electron chi connectivity index (χ3n) is 3.70. The van der Waals surface area contributed by atoms with E-state index in [1.54, 1.807) is 30.5 Å². The Hall–Kier alpha value is -1.77. The number of hydrogen-bond acceptors (Lipinski definition) is 6. The maximum Gasteiger partial charge on any atom is 0.278 e. The molecule has 0 bridgehead atoms. The highest BCUT2D eigenvalue weighted by molar-refractivity contribution is 7.84. The molecule has 0 saturated carbocycles. The molecular weight excluding hydrogens is 380 g/mol. The van der Waals surface area contributed by atoms with Crippen molar-refractivity contribution in [2.75, 3.05) is 24.7 Å². The first-order valence-corrected chi connectivity index (χ1v) is 10.5. The van der Waals surface area contributed by atoms with Gasteiger partial charge in [-0.15, -0.1) is 0 Å². The number of nitrogens with one attached hydrogen (secondary N) is 1. The number of carbonyl (C=O) groups is 1. The fourth-order valence-electron chi connectivity index (χ4n) is 2.45. The number of hydrogen-bond donors (Lipinski definition) is 1. The zero-order valence-corrected chi connectivity index (χ0v) is 16.0. The van der Waals surface area contributed by atoms with Crippen LogP contribution in [0.4, 0.5) is 5.13 Å². The van der Waals surface area contributed by atoms with E-state index in [0.29, 0.717) is 25.6 Å². The van der Waals surface area contributed by atoms with Gasteiger partial charge in [-0.05, 0) is 25.0 Å². The van der Waals surface area contributed by atoms with Gasteiger partial charge in [0.1, 0.15) is 4.34 Å². The van der Waals surface area contributed by atoms with Crippen LogP contribution in [0.25, 0.3) is 0 Å². The summed E-state index contributed by atoms with van der Waals surface area (Å²) < 4.78 is 12.1. The molecule has 2 aromatic rings. The van der Waals surface area contributed by atoms with E-state index in [4.69, 9.17) is 11.6 Å². The number of rotatable bonds is 5. The topological polar surface area (TPSA) is 74.7 Å². The van der Waals surface area contributed by atoms with Gasteiger partial charge in [0.15, 0.2) is 10.8 Å². The van der Waals surface area contributed by atoms with Crippen LogP contribution in [0, 0.1) is 0 Å². The first kappa shape index (κ1) is 18.0. The molecule has 1 N–H and O–H groups in total. The first-order chi connectivity index (χ1) is 12.0. The third kappa shape index (κ3) is 4.65. The Kier molecular flexibility index (Phi) is 5.82. The quantitative estimate of drug-likeness (QED) is 0.788. The van der Waals surface area contributed by atoms with Crippen molar-refractivity contribution in [3.63, 3.8) is 0 Å². The molecule has 1 aliphatic rings. The molecule has 9 heteroatoms. The van der Waals surface area contributed by atoms with E-state index in [9.17, 15) is 9.00 Å². The highest BCUT2D eigenvalue weighted by atomic mass is 35.5. The largest absolute Gasteiger partial charge is 0.296 e. The van der Waals surface area contributed by atoms with Crippen LogP contribution >= 0.6 is 22.9 Å². The second-order valence-electron chi connectivity index (χ2n) is 5.51. The zero-order valence-electron chi connectivity index (χ0n) is 13.6. The van der Waals surface area contributed by atoms with Crippen LogP contribution in [0.1, 0.15) is 18.4 Å². The van der Waals surface area contributed by atoms with Crippen molar-refractivity contribution in [3.8, 4) is 0 Å². The summed E-state index contributed by atoms with van der Waals surface area (Å²) in [4.78, 5) is 17.5. The van der Waals surface area contributed by atoms with Gasteiger partial charge in [0.2, 0.25) is 0 Å². The Morgan fingerprint density at radius 1 is 1.32 bits per heavy atom. The van der Waals surface area contributed by atoms with Crippen LogP contribution in [0.3, 0.4) is 0 Å². The minimum absolute atomic E-state index is 0.307. The molecule has 1 unspecified atom stereocenters. The summed E-state index contributed by atoms with van der Waals surface area (Å²) in [6.45, 7) is 1.66. The number of aromatic nitrogens is 1. The fraction of sp³-hybridized carbons (Fsp3) is 0.312. The monoisotopic (exact) mass is 396 g/mol. The summed E-state index contributed by atoms with van der Waals surface area (Å²) >= 11 is 7.05. The predicted octanol–water partition coefficient (Wildman–Crippen LogP) is 2.97. The van der Waals surface area contributed by atoms with Crippen molar-refractivity contribution < 1.29 is 9.00 Å². The van der Waals surface area contributed by atoms with Gasteiger partial charge >= 0.3 is 0 Å². The van der Waals surface area contributed by atoms with E-state index in [0.717, 1.165) is 25.9 Å². The van der Waals surface area contributed by atoms with Crippen molar-refractivity contribution in [2.45, 2.75) is 17.7 Å². The molecule has 0 radical (unpaired) electrons. The van der Waals surface area contributed by atoms with Crippen molar-refractivity contribution in [3.05, 3.63) is 40.4 Å². The molecule has 25 heavy (non-hydrogen) atoms. The Balaban J connectivity index is 1.88. The van der Waals surface area contributed by atoms with Gasteiger partial charge in [-0.3, -0.25) is 19.3 Å². The van der Waals surface area contributed by atoms with Crippen molar-refractivity contribution in [1.82, 2.24) is 9.99 Å². The summed E-state index contributed by atoms with van der Waals surface area (Å²) in [5.74, 6) is -0.344. The van der Waals surface area contributed by atoms with Gasteiger partial charge in [0.05, 0.1) is 6.20 Å². The average molecular weight is 397 g/mol. The predicted molar refractivity (Wildman–Crippen MR) is 102 cm³/mol. The Morgan fingerprint density at radius 2 is 2.00 bits per heavy atom. The van der Waals surface area contributed by atoms with Crippen molar-refractivity contribution >= 4 is 50.5 Å². The molecule has 6 nitrogen and oxygen atoms in total. The summed E-state index contributed by atoms with van der Waals surface area (Å²) in [6, 6.07) is 7.02. The standard InChI is InChI=1S/C16H17ClN4O2S2/c1-25(23)12-6-4-11(5-7-12)14(20-21-8-2-3-9-21)15(22)19-16-18-10-13(17)24-16/h4-7,10H,2-3,8-9H2,1H3,(H,18,19,22). The van der Waals surface area contributed by atoms with E-state index >= 15 is 0 Å². The number of anilines is 1. The third-order valence-corrected chi connectivity index (χ3v) is 5.66. The molecule has 1 atom stereocenters. The Labute approximate surface area is 157 Å². The smallest absolute Gasteiger partial charge is 0.278 e. The second-order valence-corrected chi connectivity index (χ2v) is 8.55. The second kappa shape index (κ2) is 8.07. The lowest BCUT2D eigenvalue weighted by molar-refractivity contribution is -0.110.